The van der Waals surface area contributed by atoms with Crippen molar-refractivity contribution in [1.29, 1.82) is 0 Å². The van der Waals surface area contributed by atoms with Crippen molar-refractivity contribution in [2.45, 2.75) is 33.6 Å². The molecule has 11 heteroatoms. The number of nitrogens with zero attached hydrogens (tertiary/aromatic N) is 3. The molecule has 38 heavy (non-hydrogen) atoms. The van der Waals surface area contributed by atoms with E-state index in [1.54, 1.807) is 49.3 Å². The molecule has 2 heterocycles. The van der Waals surface area contributed by atoms with Crippen molar-refractivity contribution in [2.75, 3.05) is 27.3 Å². The zero-order chi connectivity index (χ0) is 28.4. The maximum atomic E-state index is 12.3. The summed E-state index contributed by atoms with van der Waals surface area (Å²) in [5, 5.41) is 14.4. The van der Waals surface area contributed by atoms with E-state index in [-0.39, 0.29) is 28.3 Å². The zero-order valence-corrected chi connectivity index (χ0v) is 22.3. The molecule has 0 unspecified atom stereocenters. The van der Waals surface area contributed by atoms with Crippen LogP contribution in [-0.2, 0) is 19.1 Å². The molecule has 0 saturated carbocycles. The third-order valence-corrected chi connectivity index (χ3v) is 5.97. The highest BCUT2D eigenvalue weighted by molar-refractivity contribution is 6.00. The fourth-order valence-corrected chi connectivity index (χ4v) is 4.15. The zero-order valence-electron chi connectivity index (χ0n) is 22.3. The lowest BCUT2D eigenvalue weighted by Crippen LogP contribution is -2.32. The van der Waals surface area contributed by atoms with Gasteiger partial charge in [-0.2, -0.15) is 0 Å². The summed E-state index contributed by atoms with van der Waals surface area (Å²) >= 11 is 0. The van der Waals surface area contributed by atoms with Gasteiger partial charge in [-0.05, 0) is 39.8 Å². The Hall–Kier alpha value is -4.54. The summed E-state index contributed by atoms with van der Waals surface area (Å²) < 4.78 is 9.66. The molecule has 1 N–H and O–H groups in total. The largest absolute Gasteiger partial charge is 0.466 e. The van der Waals surface area contributed by atoms with Crippen LogP contribution in [0, 0.1) is 10.1 Å². The fraction of sp³-hybridized carbons (Fsp3) is 0.333. The first-order valence-electron chi connectivity index (χ1n) is 11.9. The van der Waals surface area contributed by atoms with Crippen molar-refractivity contribution in [3.8, 4) is 0 Å². The minimum atomic E-state index is -0.970. The summed E-state index contributed by atoms with van der Waals surface area (Å²) in [6.07, 6.45) is 3.26. The number of para-hydroxylation sites is 1. The molecule has 1 aliphatic heterocycles. The highest BCUT2D eigenvalue weighted by Crippen LogP contribution is 2.42. The van der Waals surface area contributed by atoms with Gasteiger partial charge in [-0.25, -0.2) is 9.59 Å². The number of methoxy groups -OCH3 is 2. The molecule has 0 aliphatic carbocycles. The molecular formula is C27H32N4O7. The Morgan fingerprint density at radius 2 is 1.53 bits per heavy atom. The molecule has 0 fully saturated rings. The van der Waals surface area contributed by atoms with Crippen molar-refractivity contribution in [3.63, 3.8) is 0 Å². The number of esters is 2. The number of carbonyl (C=O) groups excluding carboxylic acids is 3. The first-order valence-corrected chi connectivity index (χ1v) is 11.9. The Bertz CT molecular complexity index is 1210. The van der Waals surface area contributed by atoms with E-state index in [1.807, 2.05) is 13.8 Å². The van der Waals surface area contributed by atoms with Crippen molar-refractivity contribution in [2.24, 2.45) is 0 Å². The van der Waals surface area contributed by atoms with E-state index in [1.165, 1.54) is 32.4 Å². The molecule has 202 valence electrons. The highest BCUT2D eigenvalue weighted by Gasteiger charge is 2.40. The van der Waals surface area contributed by atoms with Gasteiger partial charge in [-0.3, -0.25) is 19.9 Å². The summed E-state index contributed by atoms with van der Waals surface area (Å²) in [7, 11) is 2.42. The number of amides is 1. The predicted octanol–water partition coefficient (Wildman–Crippen LogP) is 3.74. The number of rotatable bonds is 7. The molecular weight excluding hydrogens is 492 g/mol. The van der Waals surface area contributed by atoms with E-state index in [4.69, 9.17) is 9.47 Å². The first kappa shape index (κ1) is 29.7. The van der Waals surface area contributed by atoms with Gasteiger partial charge in [0.1, 0.15) is 0 Å². The molecule has 0 bridgehead atoms. The molecule has 1 aromatic heterocycles. The van der Waals surface area contributed by atoms with Gasteiger partial charge in [-0.15, -0.1) is 0 Å². The second-order valence-electron chi connectivity index (χ2n) is 8.15. The van der Waals surface area contributed by atoms with Crippen LogP contribution in [0.5, 0.6) is 0 Å². The number of pyridine rings is 1. The van der Waals surface area contributed by atoms with E-state index in [0.717, 1.165) is 13.1 Å². The number of dihydropyridines is 1. The Morgan fingerprint density at radius 3 is 1.97 bits per heavy atom. The van der Waals surface area contributed by atoms with Crippen LogP contribution in [0.15, 0.2) is 71.3 Å². The minimum Gasteiger partial charge on any atom is -0.466 e. The van der Waals surface area contributed by atoms with Gasteiger partial charge in [-0.1, -0.05) is 18.2 Å². The van der Waals surface area contributed by atoms with Gasteiger partial charge in [0.15, 0.2) is 0 Å². The molecule has 1 aliphatic rings. The summed E-state index contributed by atoms with van der Waals surface area (Å²) in [5.41, 5.74) is 1.85. The Kier molecular flexibility index (Phi) is 10.7. The van der Waals surface area contributed by atoms with Gasteiger partial charge in [0.05, 0.1) is 41.8 Å². The maximum Gasteiger partial charge on any atom is 0.336 e. The number of nitro groups is 1. The molecule has 0 spiro atoms. The van der Waals surface area contributed by atoms with Crippen LogP contribution in [0.2, 0.25) is 0 Å². The number of ether oxygens (including phenoxy) is 2. The molecule has 1 aromatic carbocycles. The lowest BCUT2D eigenvalue weighted by atomic mass is 9.79. The van der Waals surface area contributed by atoms with E-state index in [9.17, 15) is 24.5 Å². The van der Waals surface area contributed by atoms with Crippen LogP contribution >= 0.6 is 0 Å². The van der Waals surface area contributed by atoms with Crippen LogP contribution < -0.4 is 5.32 Å². The summed E-state index contributed by atoms with van der Waals surface area (Å²) in [5.74, 6) is -2.27. The number of carbonyl (C=O) groups is 3. The molecule has 0 saturated heterocycles. The van der Waals surface area contributed by atoms with Gasteiger partial charge >= 0.3 is 11.9 Å². The normalized spacial score (nSPS) is 13.1. The molecule has 0 radical (unpaired) electrons. The maximum absolute atomic E-state index is 12.3. The number of aromatic nitrogens is 1. The van der Waals surface area contributed by atoms with Crippen molar-refractivity contribution < 1.29 is 28.8 Å². The lowest BCUT2D eigenvalue weighted by molar-refractivity contribution is -0.385. The number of hydrogen-bond acceptors (Lipinski definition) is 9. The predicted molar refractivity (Wildman–Crippen MR) is 140 cm³/mol. The highest BCUT2D eigenvalue weighted by atomic mass is 16.6. The summed E-state index contributed by atoms with van der Waals surface area (Å²) in [6, 6.07) is 9.53. The Balaban J connectivity index is 0.000000328. The monoisotopic (exact) mass is 524 g/mol. The smallest absolute Gasteiger partial charge is 0.336 e. The number of hydrogen-bond donors (Lipinski definition) is 1. The van der Waals surface area contributed by atoms with E-state index in [2.05, 4.69) is 10.3 Å². The average molecular weight is 525 g/mol. The SMILES string of the molecule is CCN(CC)C(=O)c1cccnc1.COC(=O)C1=C(C)NC(C)=C(C(=O)OC)C1c1ccccc1[N+](=O)[O-]. The quantitative estimate of drug-likeness (QED) is 0.326. The van der Waals surface area contributed by atoms with E-state index < -0.39 is 22.8 Å². The van der Waals surface area contributed by atoms with E-state index >= 15 is 0 Å². The number of nitro benzene ring substituents is 1. The first-order chi connectivity index (χ1) is 18.1. The number of benzene rings is 1. The van der Waals surface area contributed by atoms with Crippen LogP contribution in [0.1, 0.15) is 49.5 Å². The van der Waals surface area contributed by atoms with E-state index in [0.29, 0.717) is 17.0 Å². The standard InChI is InChI=1S/C17H18N2O6.C10H14N2O/c1-9-13(16(20)24-3)15(14(10(2)18-9)17(21)25-4)11-7-5-6-8-12(11)19(22)23;1-3-12(4-2)10(13)9-6-5-7-11-8-9/h5-8,15,18H,1-4H3;5-8H,3-4H2,1-2H3. The number of allylic oxidation sites excluding steroid dienone is 2. The van der Waals surface area contributed by atoms with Crippen LogP contribution in [-0.4, -0.2) is 60.0 Å². The Labute approximate surface area is 221 Å². The second-order valence-corrected chi connectivity index (χ2v) is 8.15. The van der Waals surface area contributed by atoms with Crippen molar-refractivity contribution in [3.05, 3.63) is 92.6 Å². The van der Waals surface area contributed by atoms with Gasteiger partial charge < -0.3 is 19.7 Å². The molecule has 11 nitrogen and oxygen atoms in total. The summed E-state index contributed by atoms with van der Waals surface area (Å²) in [6.45, 7) is 8.71. The molecule has 2 aromatic rings. The van der Waals surface area contributed by atoms with Gasteiger partial charge in [0.25, 0.3) is 11.6 Å². The van der Waals surface area contributed by atoms with Gasteiger partial charge in [0.2, 0.25) is 0 Å². The lowest BCUT2D eigenvalue weighted by Gasteiger charge is -2.29. The van der Waals surface area contributed by atoms with Crippen LogP contribution in [0.3, 0.4) is 0 Å². The van der Waals surface area contributed by atoms with Crippen LogP contribution in [0.4, 0.5) is 5.69 Å². The summed E-state index contributed by atoms with van der Waals surface area (Å²) in [4.78, 5) is 53.0. The second kappa shape index (κ2) is 13.7. The molecule has 3 rings (SSSR count). The third-order valence-electron chi connectivity index (χ3n) is 5.97. The third kappa shape index (κ3) is 6.61. The Morgan fingerprint density at radius 1 is 0.974 bits per heavy atom. The van der Waals surface area contributed by atoms with Gasteiger partial charge in [0, 0.05) is 48.5 Å². The molecule has 1 amide bonds. The fourth-order valence-electron chi connectivity index (χ4n) is 4.15. The molecule has 0 atom stereocenters. The minimum absolute atomic E-state index is 0.0538. The van der Waals surface area contributed by atoms with Crippen molar-refractivity contribution >= 4 is 23.5 Å². The number of nitrogens with one attached hydrogen (secondary N) is 1. The topological polar surface area (TPSA) is 141 Å². The average Bonchev–Trinajstić information content (AvgIpc) is 2.93. The van der Waals surface area contributed by atoms with Crippen LogP contribution in [0.25, 0.3) is 0 Å². The van der Waals surface area contributed by atoms with Crippen molar-refractivity contribution in [1.82, 2.24) is 15.2 Å².